The normalized spacial score (nSPS) is 25.6. The van der Waals surface area contributed by atoms with Gasteiger partial charge in [-0.3, -0.25) is 9.59 Å². The van der Waals surface area contributed by atoms with Gasteiger partial charge in [-0.05, 0) is 37.0 Å². The molecule has 0 atom stereocenters. The summed E-state index contributed by atoms with van der Waals surface area (Å²) < 4.78 is 5.08. The molecule has 0 saturated heterocycles. The van der Waals surface area contributed by atoms with Gasteiger partial charge in [-0.2, -0.15) is 5.26 Å². The highest BCUT2D eigenvalue weighted by molar-refractivity contribution is 5.98. The average molecular weight is 298 g/mol. The third-order valence-corrected chi connectivity index (χ3v) is 4.65. The Kier molecular flexibility index (Phi) is 3.61. The first-order valence-electron chi connectivity index (χ1n) is 7.55. The zero-order chi connectivity index (χ0) is 15.7. The topological polar surface area (TPSA) is 79.2 Å². The van der Waals surface area contributed by atoms with Gasteiger partial charge in [0.25, 0.3) is 5.91 Å². The SMILES string of the molecule is CCOC(=O)CC1(c2ccc3c(c2)C(=O)NC3)CC(C#N)C1. The molecule has 0 radical (unpaired) electrons. The highest BCUT2D eigenvalue weighted by atomic mass is 16.5. The lowest BCUT2D eigenvalue weighted by Crippen LogP contribution is -2.43. The number of hydrogen-bond donors (Lipinski definition) is 1. The van der Waals surface area contributed by atoms with E-state index in [4.69, 9.17) is 10.00 Å². The fourth-order valence-electron chi connectivity index (χ4n) is 3.49. The van der Waals surface area contributed by atoms with E-state index < -0.39 is 0 Å². The van der Waals surface area contributed by atoms with Gasteiger partial charge in [0.2, 0.25) is 0 Å². The summed E-state index contributed by atoms with van der Waals surface area (Å²) in [6.07, 6.45) is 1.55. The van der Waals surface area contributed by atoms with Gasteiger partial charge in [-0.15, -0.1) is 0 Å². The lowest BCUT2D eigenvalue weighted by molar-refractivity contribution is -0.146. The second-order valence-electron chi connectivity index (χ2n) is 6.05. The molecule has 1 amide bonds. The van der Waals surface area contributed by atoms with Crippen molar-refractivity contribution in [2.45, 2.75) is 38.1 Å². The molecule has 1 heterocycles. The average Bonchev–Trinajstić information content (AvgIpc) is 2.84. The Hall–Kier alpha value is -2.35. The van der Waals surface area contributed by atoms with Gasteiger partial charge in [0, 0.05) is 23.4 Å². The van der Waals surface area contributed by atoms with E-state index in [-0.39, 0.29) is 29.6 Å². The van der Waals surface area contributed by atoms with Crippen molar-refractivity contribution in [3.05, 3.63) is 34.9 Å². The molecule has 0 bridgehead atoms. The van der Waals surface area contributed by atoms with Gasteiger partial charge in [0.15, 0.2) is 0 Å². The zero-order valence-electron chi connectivity index (χ0n) is 12.5. The quantitative estimate of drug-likeness (QED) is 0.863. The van der Waals surface area contributed by atoms with Crippen LogP contribution in [0.1, 0.15) is 47.7 Å². The molecule has 5 nitrogen and oxygen atoms in total. The van der Waals surface area contributed by atoms with Crippen LogP contribution >= 0.6 is 0 Å². The Morgan fingerprint density at radius 2 is 2.27 bits per heavy atom. The minimum atomic E-state index is -0.370. The number of amides is 1. The first-order valence-corrected chi connectivity index (χ1v) is 7.55. The van der Waals surface area contributed by atoms with E-state index >= 15 is 0 Å². The van der Waals surface area contributed by atoms with Crippen molar-refractivity contribution >= 4 is 11.9 Å². The van der Waals surface area contributed by atoms with Crippen molar-refractivity contribution in [2.75, 3.05) is 6.61 Å². The number of fused-ring (bicyclic) bond motifs is 1. The number of carbonyl (C=O) groups is 2. The minimum absolute atomic E-state index is 0.0310. The van der Waals surface area contributed by atoms with E-state index in [1.165, 1.54) is 0 Å². The summed E-state index contributed by atoms with van der Waals surface area (Å²) in [6, 6.07) is 8.06. The number of nitriles is 1. The maximum atomic E-state index is 11.9. The van der Waals surface area contributed by atoms with Gasteiger partial charge >= 0.3 is 5.97 Å². The maximum Gasteiger partial charge on any atom is 0.306 e. The molecule has 1 saturated carbocycles. The van der Waals surface area contributed by atoms with Crippen molar-refractivity contribution in [1.82, 2.24) is 5.32 Å². The van der Waals surface area contributed by atoms with E-state index in [1.54, 1.807) is 6.92 Å². The zero-order valence-corrected chi connectivity index (χ0v) is 12.5. The summed E-state index contributed by atoms with van der Waals surface area (Å²) in [4.78, 5) is 23.8. The van der Waals surface area contributed by atoms with Crippen LogP contribution in [-0.4, -0.2) is 18.5 Å². The van der Waals surface area contributed by atoms with Gasteiger partial charge in [0.05, 0.1) is 19.1 Å². The molecule has 114 valence electrons. The minimum Gasteiger partial charge on any atom is -0.466 e. The third kappa shape index (κ3) is 2.35. The van der Waals surface area contributed by atoms with Crippen LogP contribution < -0.4 is 5.32 Å². The van der Waals surface area contributed by atoms with Crippen LogP contribution in [0.2, 0.25) is 0 Å². The van der Waals surface area contributed by atoms with E-state index in [0.29, 0.717) is 31.6 Å². The van der Waals surface area contributed by atoms with Gasteiger partial charge in [-0.1, -0.05) is 12.1 Å². The number of hydrogen-bond acceptors (Lipinski definition) is 4. The molecular weight excluding hydrogens is 280 g/mol. The molecule has 0 unspecified atom stereocenters. The smallest absolute Gasteiger partial charge is 0.306 e. The molecule has 1 aromatic carbocycles. The summed E-state index contributed by atoms with van der Waals surface area (Å²) in [5, 5.41) is 11.9. The summed E-state index contributed by atoms with van der Waals surface area (Å²) in [5.41, 5.74) is 2.25. The van der Waals surface area contributed by atoms with Gasteiger partial charge < -0.3 is 10.1 Å². The van der Waals surface area contributed by atoms with Crippen LogP contribution in [0, 0.1) is 17.2 Å². The number of nitrogens with zero attached hydrogens (tertiary/aromatic N) is 1. The van der Waals surface area contributed by atoms with Gasteiger partial charge in [-0.25, -0.2) is 0 Å². The van der Waals surface area contributed by atoms with Crippen molar-refractivity contribution in [2.24, 2.45) is 5.92 Å². The second-order valence-corrected chi connectivity index (χ2v) is 6.05. The largest absolute Gasteiger partial charge is 0.466 e. The molecule has 2 aliphatic rings. The summed E-state index contributed by atoms with van der Waals surface area (Å²) in [7, 11) is 0. The molecular formula is C17H18N2O3. The van der Waals surface area contributed by atoms with Crippen LogP contribution in [0.3, 0.4) is 0 Å². The molecule has 3 rings (SSSR count). The molecule has 1 aromatic rings. The van der Waals surface area contributed by atoms with E-state index in [0.717, 1.165) is 11.1 Å². The standard InChI is InChI=1S/C17H18N2O3/c1-2-22-15(20)8-17(6-11(7-17)9-18)13-4-3-12-10-19-16(21)14(12)5-13/h3-5,11H,2,6-8,10H2,1H3,(H,19,21). The summed E-state index contributed by atoms with van der Waals surface area (Å²) in [5.74, 6) is -0.348. The number of rotatable bonds is 4. The van der Waals surface area contributed by atoms with Crippen LogP contribution in [-0.2, 0) is 21.5 Å². The van der Waals surface area contributed by atoms with Crippen molar-refractivity contribution in [3.63, 3.8) is 0 Å². The van der Waals surface area contributed by atoms with Crippen molar-refractivity contribution in [1.29, 1.82) is 5.26 Å². The molecule has 0 spiro atoms. The van der Waals surface area contributed by atoms with Gasteiger partial charge in [0.1, 0.15) is 0 Å². The highest BCUT2D eigenvalue weighted by Gasteiger charge is 2.47. The van der Waals surface area contributed by atoms with E-state index in [9.17, 15) is 9.59 Å². The van der Waals surface area contributed by atoms with Crippen molar-refractivity contribution in [3.8, 4) is 6.07 Å². The number of benzene rings is 1. The van der Waals surface area contributed by atoms with Crippen LogP contribution in [0.25, 0.3) is 0 Å². The predicted molar refractivity (Wildman–Crippen MR) is 78.9 cm³/mol. The molecule has 0 aromatic heterocycles. The second kappa shape index (κ2) is 5.45. The Bertz CT molecular complexity index is 669. The number of ether oxygens (including phenoxy) is 1. The Morgan fingerprint density at radius 1 is 1.50 bits per heavy atom. The first-order chi connectivity index (χ1) is 10.6. The predicted octanol–water partition coefficient (Wildman–Crippen LogP) is 2.05. The fraction of sp³-hybridized carbons (Fsp3) is 0.471. The molecule has 1 fully saturated rings. The van der Waals surface area contributed by atoms with Crippen LogP contribution in [0.15, 0.2) is 18.2 Å². The monoisotopic (exact) mass is 298 g/mol. The lowest BCUT2D eigenvalue weighted by atomic mass is 9.57. The summed E-state index contributed by atoms with van der Waals surface area (Å²) in [6.45, 7) is 2.69. The highest BCUT2D eigenvalue weighted by Crippen LogP contribution is 2.50. The maximum absolute atomic E-state index is 11.9. The third-order valence-electron chi connectivity index (χ3n) is 4.65. The number of carbonyl (C=O) groups excluding carboxylic acids is 2. The lowest BCUT2D eigenvalue weighted by Gasteiger charge is -2.45. The molecule has 22 heavy (non-hydrogen) atoms. The first kappa shape index (κ1) is 14.6. The summed E-state index contributed by atoms with van der Waals surface area (Å²) >= 11 is 0. The molecule has 1 aliphatic heterocycles. The van der Waals surface area contributed by atoms with E-state index in [1.807, 2.05) is 18.2 Å². The Morgan fingerprint density at radius 3 is 2.95 bits per heavy atom. The van der Waals surface area contributed by atoms with E-state index in [2.05, 4.69) is 11.4 Å². The van der Waals surface area contributed by atoms with Crippen LogP contribution in [0.5, 0.6) is 0 Å². The Labute approximate surface area is 129 Å². The molecule has 5 heteroatoms. The Balaban J connectivity index is 1.91. The molecule has 1 N–H and O–H groups in total. The molecule has 1 aliphatic carbocycles. The van der Waals surface area contributed by atoms with Crippen LogP contribution in [0.4, 0.5) is 0 Å². The fourth-order valence-corrected chi connectivity index (χ4v) is 3.49. The number of esters is 1. The number of nitrogens with one attached hydrogen (secondary N) is 1. The van der Waals surface area contributed by atoms with Crippen molar-refractivity contribution < 1.29 is 14.3 Å².